The van der Waals surface area contributed by atoms with Crippen LogP contribution in [0, 0.1) is 10.1 Å². The molecule has 0 aliphatic heterocycles. The summed E-state index contributed by atoms with van der Waals surface area (Å²) in [6, 6.07) is 4.46. The van der Waals surface area contributed by atoms with Crippen LogP contribution in [0.15, 0.2) is 24.8 Å². The number of hydrogen-bond acceptors (Lipinski definition) is 2. The van der Waals surface area contributed by atoms with Gasteiger partial charge in [0, 0.05) is 11.9 Å². The Morgan fingerprint density at radius 2 is 2.21 bits per heavy atom. The van der Waals surface area contributed by atoms with Crippen LogP contribution in [-0.2, 0) is 0 Å². The molecule has 0 radical (unpaired) electrons. The van der Waals surface area contributed by atoms with Crippen LogP contribution in [-0.4, -0.2) is 10.8 Å². The van der Waals surface area contributed by atoms with E-state index in [9.17, 15) is 10.1 Å². The molecule has 0 amide bonds. The molecule has 74 valence electrons. The van der Waals surface area contributed by atoms with E-state index in [0.29, 0.717) is 16.2 Å². The van der Waals surface area contributed by atoms with Gasteiger partial charge in [0.2, 0.25) is 0 Å². The number of nitro groups is 1. The SMILES string of the molecule is C=C(CCl)c1c(Cl)cccc1[N+](=O)[O-]. The maximum Gasteiger partial charge on any atom is 0.278 e. The number of benzene rings is 1. The summed E-state index contributed by atoms with van der Waals surface area (Å²) < 4.78 is 0. The Bertz CT molecular complexity index is 390. The zero-order valence-electron chi connectivity index (χ0n) is 7.17. The second-order valence-corrected chi connectivity index (χ2v) is 3.30. The van der Waals surface area contributed by atoms with E-state index < -0.39 is 4.92 Å². The highest BCUT2D eigenvalue weighted by Gasteiger charge is 2.18. The molecule has 1 rings (SSSR count). The van der Waals surface area contributed by atoms with Crippen molar-refractivity contribution in [3.63, 3.8) is 0 Å². The van der Waals surface area contributed by atoms with Gasteiger partial charge in [-0.05, 0) is 11.6 Å². The monoisotopic (exact) mass is 231 g/mol. The molecule has 1 aromatic carbocycles. The quantitative estimate of drug-likeness (QED) is 0.454. The van der Waals surface area contributed by atoms with Crippen LogP contribution in [0.3, 0.4) is 0 Å². The van der Waals surface area contributed by atoms with E-state index in [2.05, 4.69) is 6.58 Å². The van der Waals surface area contributed by atoms with Crippen LogP contribution < -0.4 is 0 Å². The standard InChI is InChI=1S/C9H7Cl2NO2/c1-6(5-10)9-7(11)3-2-4-8(9)12(13)14/h2-4H,1,5H2. The first-order valence-electron chi connectivity index (χ1n) is 3.75. The van der Waals surface area contributed by atoms with Gasteiger partial charge in [-0.25, -0.2) is 0 Å². The summed E-state index contributed by atoms with van der Waals surface area (Å²) in [4.78, 5) is 10.2. The third-order valence-electron chi connectivity index (χ3n) is 1.70. The van der Waals surface area contributed by atoms with Crippen molar-refractivity contribution in [1.29, 1.82) is 0 Å². The molecule has 0 saturated carbocycles. The fourth-order valence-corrected chi connectivity index (χ4v) is 1.52. The summed E-state index contributed by atoms with van der Waals surface area (Å²) in [5, 5.41) is 11.0. The van der Waals surface area contributed by atoms with Crippen molar-refractivity contribution in [3.8, 4) is 0 Å². The Hall–Kier alpha value is -1.06. The minimum absolute atomic E-state index is 0.0665. The van der Waals surface area contributed by atoms with Gasteiger partial charge < -0.3 is 0 Å². The summed E-state index contributed by atoms with van der Waals surface area (Å²) in [5.74, 6) is 0.116. The molecule has 0 saturated heterocycles. The first-order valence-corrected chi connectivity index (χ1v) is 4.66. The van der Waals surface area contributed by atoms with E-state index in [1.54, 1.807) is 6.07 Å². The van der Waals surface area contributed by atoms with Crippen LogP contribution in [0.1, 0.15) is 5.56 Å². The lowest BCUT2D eigenvalue weighted by molar-refractivity contribution is -0.385. The van der Waals surface area contributed by atoms with Crippen LogP contribution in [0.2, 0.25) is 5.02 Å². The Morgan fingerprint density at radius 1 is 1.57 bits per heavy atom. The number of halogens is 2. The highest BCUT2D eigenvalue weighted by Crippen LogP contribution is 2.32. The van der Waals surface area contributed by atoms with Crippen molar-refractivity contribution in [2.45, 2.75) is 0 Å². The molecule has 0 aliphatic carbocycles. The number of alkyl halides is 1. The van der Waals surface area contributed by atoms with E-state index >= 15 is 0 Å². The Morgan fingerprint density at radius 3 is 2.71 bits per heavy atom. The van der Waals surface area contributed by atoms with Gasteiger partial charge in [0.25, 0.3) is 5.69 Å². The van der Waals surface area contributed by atoms with Gasteiger partial charge in [-0.1, -0.05) is 24.2 Å². The Kier molecular flexibility index (Phi) is 3.49. The molecule has 0 N–H and O–H groups in total. The van der Waals surface area contributed by atoms with Crippen LogP contribution in [0.4, 0.5) is 5.69 Å². The third kappa shape index (κ3) is 2.05. The normalized spacial score (nSPS) is 9.86. The minimum atomic E-state index is -0.501. The lowest BCUT2D eigenvalue weighted by atomic mass is 10.1. The second-order valence-electron chi connectivity index (χ2n) is 2.63. The molecule has 0 heterocycles. The van der Waals surface area contributed by atoms with Crippen molar-refractivity contribution in [3.05, 3.63) is 45.5 Å². The molecule has 0 spiro atoms. The van der Waals surface area contributed by atoms with Gasteiger partial charge in [-0.15, -0.1) is 11.6 Å². The number of hydrogen-bond donors (Lipinski definition) is 0. The van der Waals surface area contributed by atoms with Crippen molar-refractivity contribution >= 4 is 34.5 Å². The highest BCUT2D eigenvalue weighted by molar-refractivity contribution is 6.33. The molecule has 0 aliphatic rings. The molecular formula is C9H7Cl2NO2. The largest absolute Gasteiger partial charge is 0.278 e. The molecular weight excluding hydrogens is 225 g/mol. The smallest absolute Gasteiger partial charge is 0.258 e. The number of allylic oxidation sites excluding steroid dienone is 1. The molecule has 14 heavy (non-hydrogen) atoms. The van der Waals surface area contributed by atoms with Gasteiger partial charge in [0.15, 0.2) is 0 Å². The maximum atomic E-state index is 10.7. The fraction of sp³-hybridized carbons (Fsp3) is 0.111. The van der Waals surface area contributed by atoms with Gasteiger partial charge in [-0.2, -0.15) is 0 Å². The van der Waals surface area contributed by atoms with Crippen molar-refractivity contribution in [2.75, 3.05) is 5.88 Å². The van der Waals surface area contributed by atoms with Crippen LogP contribution in [0.5, 0.6) is 0 Å². The summed E-state index contributed by atoms with van der Waals surface area (Å²) in [6.07, 6.45) is 0. The van der Waals surface area contributed by atoms with Crippen LogP contribution in [0.25, 0.3) is 5.57 Å². The molecule has 0 atom stereocenters. The molecule has 0 unspecified atom stereocenters. The third-order valence-corrected chi connectivity index (χ3v) is 2.34. The van der Waals surface area contributed by atoms with Crippen molar-refractivity contribution in [2.24, 2.45) is 0 Å². The summed E-state index contributed by atoms with van der Waals surface area (Å²) in [6.45, 7) is 3.63. The molecule has 1 aromatic rings. The summed E-state index contributed by atoms with van der Waals surface area (Å²) in [5.41, 5.74) is 0.696. The average molecular weight is 232 g/mol. The minimum Gasteiger partial charge on any atom is -0.258 e. The number of nitro benzene ring substituents is 1. The summed E-state index contributed by atoms with van der Waals surface area (Å²) in [7, 11) is 0. The van der Waals surface area contributed by atoms with E-state index in [0.717, 1.165) is 0 Å². The van der Waals surface area contributed by atoms with Gasteiger partial charge in [0.05, 0.1) is 15.5 Å². The molecule has 3 nitrogen and oxygen atoms in total. The first kappa shape index (κ1) is 11.0. The topological polar surface area (TPSA) is 43.1 Å². The second kappa shape index (κ2) is 4.44. The summed E-state index contributed by atoms with van der Waals surface area (Å²) >= 11 is 11.4. The molecule has 0 fully saturated rings. The van der Waals surface area contributed by atoms with Gasteiger partial charge >= 0.3 is 0 Å². The van der Waals surface area contributed by atoms with E-state index in [1.165, 1.54) is 12.1 Å². The van der Waals surface area contributed by atoms with Crippen molar-refractivity contribution in [1.82, 2.24) is 0 Å². The first-order chi connectivity index (χ1) is 6.57. The predicted molar refractivity (Wildman–Crippen MR) is 57.9 cm³/mol. The Labute approximate surface area is 91.1 Å². The average Bonchev–Trinajstić information content (AvgIpc) is 2.16. The zero-order valence-corrected chi connectivity index (χ0v) is 8.68. The zero-order chi connectivity index (χ0) is 10.7. The number of nitrogens with zero attached hydrogens (tertiary/aromatic N) is 1. The fourth-order valence-electron chi connectivity index (χ4n) is 1.08. The predicted octanol–water partition coefficient (Wildman–Crippen LogP) is 3.50. The van der Waals surface area contributed by atoms with E-state index in [4.69, 9.17) is 23.2 Å². The van der Waals surface area contributed by atoms with Crippen molar-refractivity contribution < 1.29 is 4.92 Å². The van der Waals surface area contributed by atoms with E-state index in [-0.39, 0.29) is 11.6 Å². The van der Waals surface area contributed by atoms with E-state index in [1.807, 2.05) is 0 Å². The molecule has 0 bridgehead atoms. The molecule has 0 aromatic heterocycles. The number of rotatable bonds is 3. The van der Waals surface area contributed by atoms with Gasteiger partial charge in [-0.3, -0.25) is 10.1 Å². The Balaban J connectivity index is 3.36. The maximum absolute atomic E-state index is 10.7. The lowest BCUT2D eigenvalue weighted by Gasteiger charge is -2.05. The lowest BCUT2D eigenvalue weighted by Crippen LogP contribution is -1.96. The molecule has 5 heteroatoms. The highest BCUT2D eigenvalue weighted by atomic mass is 35.5. The van der Waals surface area contributed by atoms with Gasteiger partial charge in [0.1, 0.15) is 0 Å². The van der Waals surface area contributed by atoms with Crippen LogP contribution >= 0.6 is 23.2 Å².